The number of carbonyl (C=O) groups excluding carboxylic acids is 1. The lowest BCUT2D eigenvalue weighted by atomic mass is 10.1. The molecule has 0 spiro atoms. The molecule has 1 aliphatic heterocycles. The molecule has 1 saturated heterocycles. The zero-order valence-corrected chi connectivity index (χ0v) is 9.46. The van der Waals surface area contributed by atoms with Gasteiger partial charge in [-0.15, -0.1) is 0 Å². The fraction of sp³-hybridized carbons (Fsp3) is 0.333. The Hall–Kier alpha value is -2.16. The number of benzene rings is 1. The van der Waals surface area contributed by atoms with E-state index in [9.17, 15) is 13.6 Å². The summed E-state index contributed by atoms with van der Waals surface area (Å²) in [6.07, 6.45) is 1.34. The van der Waals surface area contributed by atoms with E-state index in [1.165, 1.54) is 12.1 Å². The molecule has 94 valence electrons. The normalized spacial score (nSPS) is 18.9. The van der Waals surface area contributed by atoms with Gasteiger partial charge < -0.3 is 10.6 Å². The maximum absolute atomic E-state index is 13.6. The maximum Gasteiger partial charge on any atom is 0.242 e. The van der Waals surface area contributed by atoms with E-state index < -0.39 is 17.7 Å². The van der Waals surface area contributed by atoms with Crippen LogP contribution in [0.25, 0.3) is 0 Å². The average molecular weight is 251 g/mol. The van der Waals surface area contributed by atoms with Crippen LogP contribution in [0.5, 0.6) is 0 Å². The molecule has 2 rings (SSSR count). The summed E-state index contributed by atoms with van der Waals surface area (Å²) >= 11 is 0. The Morgan fingerprint density at radius 1 is 1.39 bits per heavy atom. The molecule has 2 N–H and O–H groups in total. The molecule has 0 aliphatic carbocycles. The van der Waals surface area contributed by atoms with Crippen LogP contribution >= 0.6 is 0 Å². The quantitative estimate of drug-likeness (QED) is 0.837. The molecule has 4 nitrogen and oxygen atoms in total. The second-order valence-electron chi connectivity index (χ2n) is 4.03. The van der Waals surface area contributed by atoms with Gasteiger partial charge in [0.2, 0.25) is 5.91 Å². The van der Waals surface area contributed by atoms with Crippen LogP contribution in [0.3, 0.4) is 0 Å². The first-order chi connectivity index (χ1) is 8.63. The molecule has 1 fully saturated rings. The molecule has 1 unspecified atom stereocenters. The Kier molecular flexibility index (Phi) is 3.42. The van der Waals surface area contributed by atoms with Gasteiger partial charge in [0.05, 0.1) is 11.3 Å². The van der Waals surface area contributed by atoms with E-state index in [2.05, 4.69) is 10.6 Å². The van der Waals surface area contributed by atoms with Crippen LogP contribution in [0.4, 0.5) is 14.5 Å². The molecular formula is C12H11F2N3O. The highest BCUT2D eigenvalue weighted by atomic mass is 19.2. The molecule has 6 heteroatoms. The van der Waals surface area contributed by atoms with Gasteiger partial charge in [0.1, 0.15) is 12.1 Å². The van der Waals surface area contributed by atoms with Crippen molar-refractivity contribution >= 4 is 11.6 Å². The molecule has 1 amide bonds. The number of carbonyl (C=O) groups is 1. The molecule has 1 heterocycles. The summed E-state index contributed by atoms with van der Waals surface area (Å²) in [5.41, 5.74) is -0.459. The topological polar surface area (TPSA) is 64.9 Å². The van der Waals surface area contributed by atoms with Crippen LogP contribution in [-0.4, -0.2) is 18.5 Å². The minimum atomic E-state index is -1.20. The SMILES string of the molecule is N#Cc1ccc(NC2CCCNC2=O)c(F)c1F. The lowest BCUT2D eigenvalue weighted by Crippen LogP contribution is -2.44. The number of hydrogen-bond acceptors (Lipinski definition) is 3. The number of anilines is 1. The van der Waals surface area contributed by atoms with Gasteiger partial charge in [-0.05, 0) is 25.0 Å². The number of nitrogens with one attached hydrogen (secondary N) is 2. The Labute approximate surface area is 103 Å². The van der Waals surface area contributed by atoms with E-state index in [0.29, 0.717) is 13.0 Å². The molecule has 1 aromatic carbocycles. The molecule has 1 atom stereocenters. The van der Waals surface area contributed by atoms with Crippen molar-refractivity contribution in [2.45, 2.75) is 18.9 Å². The highest BCUT2D eigenvalue weighted by molar-refractivity contribution is 5.85. The summed E-state index contributed by atoms with van der Waals surface area (Å²) in [5, 5.41) is 13.8. The van der Waals surface area contributed by atoms with Crippen LogP contribution in [-0.2, 0) is 4.79 Å². The van der Waals surface area contributed by atoms with Crippen molar-refractivity contribution in [3.05, 3.63) is 29.3 Å². The largest absolute Gasteiger partial charge is 0.371 e. The summed E-state index contributed by atoms with van der Waals surface area (Å²) in [4.78, 5) is 11.5. The molecular weight excluding hydrogens is 240 g/mol. The van der Waals surface area contributed by atoms with E-state index in [1.54, 1.807) is 6.07 Å². The van der Waals surface area contributed by atoms with Gasteiger partial charge in [-0.25, -0.2) is 8.78 Å². The highest BCUT2D eigenvalue weighted by Crippen LogP contribution is 2.22. The zero-order valence-electron chi connectivity index (χ0n) is 9.46. The predicted octanol–water partition coefficient (Wildman–Crippen LogP) is 1.53. The number of nitrogens with zero attached hydrogens (tertiary/aromatic N) is 1. The van der Waals surface area contributed by atoms with Gasteiger partial charge in [-0.3, -0.25) is 4.79 Å². The molecule has 1 aliphatic rings. The number of halogens is 2. The Morgan fingerprint density at radius 3 is 2.83 bits per heavy atom. The maximum atomic E-state index is 13.6. The van der Waals surface area contributed by atoms with Gasteiger partial charge in [0, 0.05) is 6.54 Å². The summed E-state index contributed by atoms with van der Waals surface area (Å²) in [5.74, 6) is -2.56. The second kappa shape index (κ2) is 5.00. The standard InChI is InChI=1S/C12H11F2N3O/c13-10-7(6-15)3-4-8(11(10)14)17-9-2-1-5-16-12(9)18/h3-4,9,17H,1-2,5H2,(H,16,18). The lowest BCUT2D eigenvalue weighted by Gasteiger charge is -2.24. The van der Waals surface area contributed by atoms with Crippen LogP contribution in [0.15, 0.2) is 12.1 Å². The third-order valence-electron chi connectivity index (χ3n) is 2.82. The van der Waals surface area contributed by atoms with Gasteiger partial charge in [-0.2, -0.15) is 5.26 Å². The van der Waals surface area contributed by atoms with Crippen molar-refractivity contribution in [3.8, 4) is 6.07 Å². The van der Waals surface area contributed by atoms with Crippen molar-refractivity contribution < 1.29 is 13.6 Å². The summed E-state index contributed by atoms with van der Waals surface area (Å²) in [6, 6.07) is 3.43. The number of nitriles is 1. The van der Waals surface area contributed by atoms with E-state index in [4.69, 9.17) is 5.26 Å². The first-order valence-electron chi connectivity index (χ1n) is 5.56. The monoisotopic (exact) mass is 251 g/mol. The Bertz CT molecular complexity index is 525. The third-order valence-corrected chi connectivity index (χ3v) is 2.82. The minimum Gasteiger partial charge on any atom is -0.371 e. The van der Waals surface area contributed by atoms with Crippen LogP contribution in [0.1, 0.15) is 18.4 Å². The second-order valence-corrected chi connectivity index (χ2v) is 4.03. The Balaban J connectivity index is 2.22. The van der Waals surface area contributed by atoms with Crippen molar-refractivity contribution in [2.75, 3.05) is 11.9 Å². The number of amides is 1. The highest BCUT2D eigenvalue weighted by Gasteiger charge is 2.23. The lowest BCUT2D eigenvalue weighted by molar-refractivity contribution is -0.123. The number of piperidine rings is 1. The van der Waals surface area contributed by atoms with E-state index >= 15 is 0 Å². The smallest absolute Gasteiger partial charge is 0.242 e. The molecule has 0 radical (unpaired) electrons. The van der Waals surface area contributed by atoms with Gasteiger partial charge in [0.25, 0.3) is 0 Å². The average Bonchev–Trinajstić information content (AvgIpc) is 2.38. The van der Waals surface area contributed by atoms with E-state index in [-0.39, 0.29) is 17.2 Å². The van der Waals surface area contributed by atoms with Gasteiger partial charge in [-0.1, -0.05) is 0 Å². The summed E-state index contributed by atoms with van der Waals surface area (Å²) < 4.78 is 27.0. The summed E-state index contributed by atoms with van der Waals surface area (Å²) in [7, 11) is 0. The Morgan fingerprint density at radius 2 is 2.17 bits per heavy atom. The first kappa shape index (κ1) is 12.3. The van der Waals surface area contributed by atoms with Crippen LogP contribution in [0, 0.1) is 23.0 Å². The number of rotatable bonds is 2. The molecule has 0 saturated carbocycles. The molecule has 18 heavy (non-hydrogen) atoms. The van der Waals surface area contributed by atoms with Gasteiger partial charge >= 0.3 is 0 Å². The molecule has 0 aromatic heterocycles. The van der Waals surface area contributed by atoms with Crippen LogP contribution < -0.4 is 10.6 Å². The molecule has 1 aromatic rings. The van der Waals surface area contributed by atoms with E-state index in [1.807, 2.05) is 0 Å². The fourth-order valence-electron chi connectivity index (χ4n) is 1.84. The van der Waals surface area contributed by atoms with Crippen LogP contribution in [0.2, 0.25) is 0 Å². The van der Waals surface area contributed by atoms with Crippen molar-refractivity contribution in [1.29, 1.82) is 5.26 Å². The van der Waals surface area contributed by atoms with E-state index in [0.717, 1.165) is 6.42 Å². The minimum absolute atomic E-state index is 0.103. The first-order valence-corrected chi connectivity index (χ1v) is 5.56. The van der Waals surface area contributed by atoms with Crippen molar-refractivity contribution in [3.63, 3.8) is 0 Å². The van der Waals surface area contributed by atoms with Gasteiger partial charge in [0.15, 0.2) is 11.6 Å². The number of hydrogen-bond donors (Lipinski definition) is 2. The van der Waals surface area contributed by atoms with Crippen molar-refractivity contribution in [1.82, 2.24) is 5.32 Å². The van der Waals surface area contributed by atoms with Crippen molar-refractivity contribution in [2.24, 2.45) is 0 Å². The fourth-order valence-corrected chi connectivity index (χ4v) is 1.84. The summed E-state index contributed by atoms with van der Waals surface area (Å²) in [6.45, 7) is 0.598. The zero-order chi connectivity index (χ0) is 13.1. The molecule has 0 bridgehead atoms. The third kappa shape index (κ3) is 2.25. The predicted molar refractivity (Wildman–Crippen MR) is 60.7 cm³/mol.